The molecule has 1 rings (SSSR count). The number of ether oxygens (including phenoxy) is 1. The summed E-state index contributed by atoms with van der Waals surface area (Å²) in [5.41, 5.74) is 0. The summed E-state index contributed by atoms with van der Waals surface area (Å²) >= 11 is 0. The summed E-state index contributed by atoms with van der Waals surface area (Å²) in [5, 5.41) is 39.4. The molecule has 10 nitrogen and oxygen atoms in total. The smallest absolute Gasteiger partial charge is 0.394 e. The number of hydrogen-bond donors (Lipinski definition) is 9. The molecule has 1 aliphatic rings. The first-order chi connectivity index (χ1) is 8.11. The van der Waals surface area contributed by atoms with Gasteiger partial charge in [-0.25, -0.2) is 0 Å². The SMILES string of the molecule is CN[C@H]1C(O)O[C@H](CO)[C@@H](O)[C@@H]1O.O[Si](O)(O)O. The van der Waals surface area contributed by atoms with Gasteiger partial charge in [-0.05, 0) is 7.05 Å². The summed E-state index contributed by atoms with van der Waals surface area (Å²) < 4.78 is 4.85. The second-order valence-corrected chi connectivity index (χ2v) is 4.84. The third-order valence-corrected chi connectivity index (χ3v) is 2.23. The fourth-order valence-corrected chi connectivity index (χ4v) is 1.41. The third kappa shape index (κ3) is 6.12. The van der Waals surface area contributed by atoms with E-state index in [2.05, 4.69) is 5.32 Å². The molecule has 0 radical (unpaired) electrons. The van der Waals surface area contributed by atoms with Crippen molar-refractivity contribution in [3.8, 4) is 0 Å². The van der Waals surface area contributed by atoms with Crippen molar-refractivity contribution in [3.63, 3.8) is 0 Å². The first-order valence-corrected chi connectivity index (χ1v) is 6.78. The van der Waals surface area contributed by atoms with Crippen molar-refractivity contribution < 1.29 is 44.3 Å². The molecule has 0 bridgehead atoms. The standard InChI is InChI=1S/C7H15NO5.H4O4Si/c1-8-4-6(11)5(10)3(2-9)13-7(4)12;1-5(2,3)4/h3-12H,2H2,1H3;1-4H/t3-,4-,5-,6-,7?;/m1./s1. The van der Waals surface area contributed by atoms with Gasteiger partial charge in [0.25, 0.3) is 0 Å². The minimum atomic E-state index is -4.61. The number of aliphatic hydroxyl groups excluding tert-OH is 4. The Balaban J connectivity index is 0.000000494. The Hall–Kier alpha value is -0.183. The lowest BCUT2D eigenvalue weighted by Crippen LogP contribution is -2.62. The van der Waals surface area contributed by atoms with E-state index < -0.39 is 46.3 Å². The summed E-state index contributed by atoms with van der Waals surface area (Å²) in [6.45, 7) is -0.439. The zero-order chi connectivity index (χ0) is 14.5. The number of aliphatic hydroxyl groups is 4. The van der Waals surface area contributed by atoms with Crippen molar-refractivity contribution >= 4 is 9.05 Å². The third-order valence-electron chi connectivity index (χ3n) is 2.23. The normalized spacial score (nSPS) is 36.8. The summed E-state index contributed by atoms with van der Waals surface area (Å²) in [6.07, 6.45) is -4.49. The van der Waals surface area contributed by atoms with Crippen LogP contribution in [0.2, 0.25) is 0 Å². The maximum atomic E-state index is 9.45. The summed E-state index contributed by atoms with van der Waals surface area (Å²) in [4.78, 5) is 29.3. The molecule has 1 fully saturated rings. The van der Waals surface area contributed by atoms with E-state index in [1.165, 1.54) is 7.05 Å². The Morgan fingerprint density at radius 2 is 1.50 bits per heavy atom. The molecule has 1 aliphatic heterocycles. The van der Waals surface area contributed by atoms with Crippen molar-refractivity contribution in [1.29, 1.82) is 0 Å². The van der Waals surface area contributed by atoms with Crippen LogP contribution in [0.15, 0.2) is 0 Å². The summed E-state index contributed by atoms with van der Waals surface area (Å²) in [6, 6.07) is -0.738. The first-order valence-electron chi connectivity index (χ1n) is 4.99. The van der Waals surface area contributed by atoms with E-state index in [0.29, 0.717) is 0 Å². The Morgan fingerprint density at radius 1 is 1.06 bits per heavy atom. The van der Waals surface area contributed by atoms with Gasteiger partial charge in [-0.15, -0.1) is 0 Å². The van der Waals surface area contributed by atoms with Gasteiger partial charge in [0.1, 0.15) is 18.3 Å². The monoisotopic (exact) mass is 289 g/mol. The molecule has 1 saturated heterocycles. The minimum Gasteiger partial charge on any atom is -0.394 e. The number of nitrogens with one attached hydrogen (secondary N) is 1. The van der Waals surface area contributed by atoms with E-state index in [4.69, 9.17) is 29.0 Å². The quantitative estimate of drug-likeness (QED) is 0.222. The number of hydrogen-bond acceptors (Lipinski definition) is 10. The molecule has 0 aromatic heterocycles. The Labute approximate surface area is 104 Å². The molecule has 11 heteroatoms. The van der Waals surface area contributed by atoms with Gasteiger partial charge in [-0.3, -0.25) is 0 Å². The van der Waals surface area contributed by atoms with Crippen molar-refractivity contribution in [2.24, 2.45) is 0 Å². The molecule has 1 heterocycles. The molecule has 0 saturated carbocycles. The van der Waals surface area contributed by atoms with E-state index in [0.717, 1.165) is 0 Å². The second kappa shape index (κ2) is 7.42. The van der Waals surface area contributed by atoms with Crippen LogP contribution in [0, 0.1) is 0 Å². The van der Waals surface area contributed by atoms with Gasteiger partial charge in [0.15, 0.2) is 6.29 Å². The van der Waals surface area contributed by atoms with Crippen LogP contribution in [-0.2, 0) is 4.74 Å². The van der Waals surface area contributed by atoms with Crippen LogP contribution >= 0.6 is 0 Å². The highest BCUT2D eigenvalue weighted by atomic mass is 28.4. The van der Waals surface area contributed by atoms with Crippen LogP contribution in [0.5, 0.6) is 0 Å². The van der Waals surface area contributed by atoms with Crippen molar-refractivity contribution in [2.45, 2.75) is 30.6 Å². The number of likely N-dealkylation sites (N-methyl/N-ethyl adjacent to an activating group) is 1. The molecule has 5 atom stereocenters. The molecular formula is C7H19NO9Si. The van der Waals surface area contributed by atoms with Gasteiger partial charge in [0.05, 0.1) is 12.6 Å². The van der Waals surface area contributed by atoms with Crippen LogP contribution in [0.3, 0.4) is 0 Å². The van der Waals surface area contributed by atoms with Crippen molar-refractivity contribution in [3.05, 3.63) is 0 Å². The lowest BCUT2D eigenvalue weighted by Gasteiger charge is -2.39. The molecule has 18 heavy (non-hydrogen) atoms. The number of rotatable bonds is 2. The van der Waals surface area contributed by atoms with Gasteiger partial charge in [0.2, 0.25) is 0 Å². The summed E-state index contributed by atoms with van der Waals surface area (Å²) in [7, 11) is -3.08. The largest absolute Gasteiger partial charge is 0.668 e. The second-order valence-electron chi connectivity index (χ2n) is 3.64. The summed E-state index contributed by atoms with van der Waals surface area (Å²) in [5.74, 6) is 0. The van der Waals surface area contributed by atoms with Gasteiger partial charge in [-0.2, -0.15) is 0 Å². The molecular weight excluding hydrogens is 270 g/mol. The van der Waals surface area contributed by atoms with Gasteiger partial charge < -0.3 is 49.7 Å². The molecule has 0 spiro atoms. The van der Waals surface area contributed by atoms with E-state index in [-0.39, 0.29) is 0 Å². The molecule has 1 unspecified atom stereocenters. The lowest BCUT2D eigenvalue weighted by molar-refractivity contribution is -0.253. The average molecular weight is 289 g/mol. The van der Waals surface area contributed by atoms with Gasteiger partial charge in [-0.1, -0.05) is 0 Å². The van der Waals surface area contributed by atoms with Crippen LogP contribution in [-0.4, -0.2) is 93.0 Å². The maximum Gasteiger partial charge on any atom is 0.668 e. The molecule has 110 valence electrons. The van der Waals surface area contributed by atoms with E-state index in [1.807, 2.05) is 0 Å². The van der Waals surface area contributed by atoms with Gasteiger partial charge >= 0.3 is 9.05 Å². The van der Waals surface area contributed by atoms with Gasteiger partial charge in [0, 0.05) is 0 Å². The maximum absolute atomic E-state index is 9.45. The zero-order valence-electron chi connectivity index (χ0n) is 9.58. The predicted octanol–water partition coefficient (Wildman–Crippen LogP) is -5.60. The minimum absolute atomic E-state index is 0.439. The Morgan fingerprint density at radius 3 is 1.83 bits per heavy atom. The zero-order valence-corrected chi connectivity index (χ0v) is 10.6. The topological polar surface area (TPSA) is 183 Å². The van der Waals surface area contributed by atoms with Crippen molar-refractivity contribution in [1.82, 2.24) is 5.32 Å². The Kier molecular flexibility index (Phi) is 7.34. The predicted molar refractivity (Wildman–Crippen MR) is 57.5 cm³/mol. The molecule has 0 aromatic carbocycles. The average Bonchev–Trinajstić information content (AvgIpc) is 2.22. The van der Waals surface area contributed by atoms with Crippen molar-refractivity contribution in [2.75, 3.05) is 13.7 Å². The highest BCUT2D eigenvalue weighted by Gasteiger charge is 2.42. The van der Waals surface area contributed by atoms with Crippen LogP contribution < -0.4 is 5.32 Å². The molecule has 0 aliphatic carbocycles. The highest BCUT2D eigenvalue weighted by molar-refractivity contribution is 6.46. The van der Waals surface area contributed by atoms with Crippen LogP contribution in [0.4, 0.5) is 0 Å². The van der Waals surface area contributed by atoms with E-state index in [9.17, 15) is 15.3 Å². The molecule has 0 amide bonds. The molecule has 0 aromatic rings. The fourth-order valence-electron chi connectivity index (χ4n) is 1.41. The van der Waals surface area contributed by atoms with E-state index in [1.54, 1.807) is 0 Å². The Bertz CT molecular complexity index is 231. The molecule has 9 N–H and O–H groups in total. The van der Waals surface area contributed by atoms with Crippen LogP contribution in [0.25, 0.3) is 0 Å². The lowest BCUT2D eigenvalue weighted by atomic mass is 9.97. The first kappa shape index (κ1) is 17.8. The fraction of sp³-hybridized carbons (Fsp3) is 1.00. The van der Waals surface area contributed by atoms with E-state index >= 15 is 0 Å². The highest BCUT2D eigenvalue weighted by Crippen LogP contribution is 2.18. The van der Waals surface area contributed by atoms with Crippen LogP contribution in [0.1, 0.15) is 0 Å².